The summed E-state index contributed by atoms with van der Waals surface area (Å²) < 4.78 is 11.2. The number of benzene rings is 1. The van der Waals surface area contributed by atoms with Crippen molar-refractivity contribution in [3.8, 4) is 28.7 Å². The van der Waals surface area contributed by atoms with E-state index in [9.17, 15) is 9.90 Å². The van der Waals surface area contributed by atoms with E-state index in [-0.39, 0.29) is 17.5 Å². The molecule has 0 aliphatic rings. The third kappa shape index (κ3) is 4.82. The van der Waals surface area contributed by atoms with E-state index in [4.69, 9.17) is 9.26 Å². The topological polar surface area (TPSA) is 110 Å². The van der Waals surface area contributed by atoms with Crippen LogP contribution in [-0.2, 0) is 4.74 Å². The van der Waals surface area contributed by atoms with Crippen LogP contribution in [0.3, 0.4) is 0 Å². The normalized spacial score (nSPS) is 11.3. The molecule has 0 saturated carbocycles. The van der Waals surface area contributed by atoms with E-state index in [1.165, 1.54) is 12.3 Å². The number of rotatable bonds is 3. The van der Waals surface area contributed by atoms with E-state index in [1.54, 1.807) is 45.0 Å². The first-order valence-electron chi connectivity index (χ1n) is 8.00. The van der Waals surface area contributed by atoms with Crippen molar-refractivity contribution >= 4 is 27.7 Å². The molecule has 0 spiro atoms. The maximum atomic E-state index is 11.8. The molecule has 1 amide bonds. The highest BCUT2D eigenvalue weighted by Gasteiger charge is 2.17. The van der Waals surface area contributed by atoms with Gasteiger partial charge >= 0.3 is 6.09 Å². The Kier molecular flexibility index (Phi) is 5.13. The zero-order valence-corrected chi connectivity index (χ0v) is 16.4. The highest BCUT2D eigenvalue weighted by Crippen LogP contribution is 2.31. The van der Waals surface area contributed by atoms with Gasteiger partial charge in [-0.05, 0) is 51.1 Å². The van der Waals surface area contributed by atoms with Crippen molar-refractivity contribution in [1.82, 2.24) is 15.1 Å². The van der Waals surface area contributed by atoms with Crippen molar-refractivity contribution in [1.29, 1.82) is 0 Å². The van der Waals surface area contributed by atoms with Crippen molar-refractivity contribution in [2.45, 2.75) is 26.4 Å². The van der Waals surface area contributed by atoms with Crippen molar-refractivity contribution in [2.24, 2.45) is 0 Å². The summed E-state index contributed by atoms with van der Waals surface area (Å²) >= 11 is 3.33. The summed E-state index contributed by atoms with van der Waals surface area (Å²) in [5.41, 5.74) is 0.748. The monoisotopic (exact) mass is 432 g/mol. The van der Waals surface area contributed by atoms with Gasteiger partial charge in [0.25, 0.3) is 5.89 Å². The van der Waals surface area contributed by atoms with Gasteiger partial charge in [0, 0.05) is 4.47 Å². The fraction of sp³-hybridized carbons (Fsp3) is 0.222. The number of aromatic hydroxyl groups is 1. The maximum Gasteiger partial charge on any atom is 0.412 e. The third-order valence-corrected chi connectivity index (χ3v) is 3.75. The Morgan fingerprint density at radius 2 is 2.04 bits per heavy atom. The number of phenolic OH excluding ortho intramolecular Hbond substituents is 1. The molecule has 0 atom stereocenters. The molecular formula is C18H17BrN4O4. The molecule has 0 bridgehead atoms. The SMILES string of the molecule is CC(C)(C)OC(=O)Nc1ccc(-c2noc(-c3cc(Br)ccc3O)n2)nc1. The van der Waals surface area contributed by atoms with Crippen LogP contribution in [0.5, 0.6) is 5.75 Å². The number of halogens is 1. The first kappa shape index (κ1) is 18.8. The lowest BCUT2D eigenvalue weighted by Crippen LogP contribution is -2.27. The number of hydrogen-bond acceptors (Lipinski definition) is 7. The van der Waals surface area contributed by atoms with Crippen molar-refractivity contribution in [3.63, 3.8) is 0 Å². The molecule has 9 heteroatoms. The molecule has 2 N–H and O–H groups in total. The number of amides is 1. The number of carbonyl (C=O) groups is 1. The van der Waals surface area contributed by atoms with E-state index < -0.39 is 11.7 Å². The second-order valence-electron chi connectivity index (χ2n) is 6.64. The predicted octanol–water partition coefficient (Wildman–Crippen LogP) is 4.61. The average Bonchev–Trinajstić information content (AvgIpc) is 3.06. The molecule has 3 aromatic rings. The lowest BCUT2D eigenvalue weighted by molar-refractivity contribution is 0.0636. The van der Waals surface area contributed by atoms with Gasteiger partial charge in [-0.1, -0.05) is 21.1 Å². The lowest BCUT2D eigenvalue weighted by Gasteiger charge is -2.19. The molecule has 0 aliphatic heterocycles. The van der Waals surface area contributed by atoms with Crippen LogP contribution in [-0.4, -0.2) is 31.9 Å². The van der Waals surface area contributed by atoms with E-state index in [0.29, 0.717) is 16.9 Å². The van der Waals surface area contributed by atoms with Gasteiger partial charge in [0.05, 0.1) is 17.4 Å². The zero-order chi connectivity index (χ0) is 19.6. The van der Waals surface area contributed by atoms with Crippen molar-refractivity contribution in [2.75, 3.05) is 5.32 Å². The van der Waals surface area contributed by atoms with Crippen LogP contribution in [0.25, 0.3) is 23.0 Å². The predicted molar refractivity (Wildman–Crippen MR) is 102 cm³/mol. The van der Waals surface area contributed by atoms with Crippen LogP contribution < -0.4 is 5.32 Å². The van der Waals surface area contributed by atoms with Gasteiger partial charge in [-0.15, -0.1) is 0 Å². The molecule has 2 heterocycles. The van der Waals surface area contributed by atoms with E-state index in [2.05, 4.69) is 36.4 Å². The van der Waals surface area contributed by atoms with E-state index in [1.807, 2.05) is 0 Å². The smallest absolute Gasteiger partial charge is 0.412 e. The number of carbonyl (C=O) groups excluding carboxylic acids is 1. The quantitative estimate of drug-likeness (QED) is 0.621. The summed E-state index contributed by atoms with van der Waals surface area (Å²) in [6, 6.07) is 8.20. The van der Waals surface area contributed by atoms with Crippen LogP contribution >= 0.6 is 15.9 Å². The minimum absolute atomic E-state index is 0.0262. The number of hydrogen-bond donors (Lipinski definition) is 2. The molecule has 1 aromatic carbocycles. The molecule has 0 fully saturated rings. The van der Waals surface area contributed by atoms with Crippen molar-refractivity contribution < 1.29 is 19.2 Å². The van der Waals surface area contributed by atoms with Crippen LogP contribution in [0, 0.1) is 0 Å². The van der Waals surface area contributed by atoms with E-state index >= 15 is 0 Å². The summed E-state index contributed by atoms with van der Waals surface area (Å²) in [6.07, 6.45) is 0.898. The summed E-state index contributed by atoms with van der Waals surface area (Å²) in [7, 11) is 0. The standard InChI is InChI=1S/C18H17BrN4O4/c1-18(2,3)26-17(25)21-11-5-6-13(20-9-11)15-22-16(27-23-15)12-8-10(19)4-7-14(12)24/h4-9,24H,1-3H3,(H,21,25). The number of phenols is 1. The Morgan fingerprint density at radius 1 is 1.26 bits per heavy atom. The molecule has 2 aromatic heterocycles. The number of anilines is 1. The van der Waals surface area contributed by atoms with Gasteiger partial charge in [0.2, 0.25) is 5.82 Å². The molecular weight excluding hydrogens is 416 g/mol. The van der Waals surface area contributed by atoms with Gasteiger partial charge in [-0.25, -0.2) is 4.79 Å². The highest BCUT2D eigenvalue weighted by atomic mass is 79.9. The van der Waals surface area contributed by atoms with Gasteiger partial charge in [-0.2, -0.15) is 4.98 Å². The summed E-state index contributed by atoms with van der Waals surface area (Å²) in [6.45, 7) is 5.35. The van der Waals surface area contributed by atoms with Crippen LogP contribution in [0.2, 0.25) is 0 Å². The molecule has 0 saturated heterocycles. The summed E-state index contributed by atoms with van der Waals surface area (Å²) in [5.74, 6) is 0.452. The molecule has 0 unspecified atom stereocenters. The molecule has 0 radical (unpaired) electrons. The second kappa shape index (κ2) is 7.36. The summed E-state index contributed by atoms with van der Waals surface area (Å²) in [5, 5.41) is 16.4. The molecule has 140 valence electrons. The number of aromatic nitrogens is 3. The highest BCUT2D eigenvalue weighted by molar-refractivity contribution is 9.10. The van der Waals surface area contributed by atoms with Crippen LogP contribution in [0.4, 0.5) is 10.5 Å². The largest absolute Gasteiger partial charge is 0.507 e. The van der Waals surface area contributed by atoms with Gasteiger partial charge in [0.1, 0.15) is 17.0 Å². The van der Waals surface area contributed by atoms with Crippen LogP contribution in [0.1, 0.15) is 20.8 Å². The Morgan fingerprint density at radius 3 is 2.70 bits per heavy atom. The third-order valence-electron chi connectivity index (χ3n) is 3.25. The number of nitrogens with zero attached hydrogens (tertiary/aromatic N) is 3. The first-order valence-corrected chi connectivity index (χ1v) is 8.79. The summed E-state index contributed by atoms with van der Waals surface area (Å²) in [4.78, 5) is 20.3. The molecule has 8 nitrogen and oxygen atoms in total. The molecule has 27 heavy (non-hydrogen) atoms. The Bertz CT molecular complexity index is 964. The van der Waals surface area contributed by atoms with E-state index in [0.717, 1.165) is 4.47 Å². The Hall–Kier alpha value is -2.94. The minimum atomic E-state index is -0.587. The van der Waals surface area contributed by atoms with Gasteiger partial charge in [0.15, 0.2) is 0 Å². The maximum absolute atomic E-state index is 11.8. The Labute approximate surface area is 163 Å². The minimum Gasteiger partial charge on any atom is -0.507 e. The fourth-order valence-corrected chi connectivity index (χ4v) is 2.50. The number of ether oxygens (including phenoxy) is 1. The van der Waals surface area contributed by atoms with Gasteiger partial charge < -0.3 is 14.4 Å². The van der Waals surface area contributed by atoms with Crippen molar-refractivity contribution in [3.05, 3.63) is 41.0 Å². The second-order valence-corrected chi connectivity index (χ2v) is 7.56. The molecule has 3 rings (SSSR count). The number of nitrogens with one attached hydrogen (secondary N) is 1. The van der Waals surface area contributed by atoms with Gasteiger partial charge in [-0.3, -0.25) is 10.3 Å². The molecule has 0 aliphatic carbocycles. The Balaban J connectivity index is 1.76. The first-order chi connectivity index (χ1) is 12.7. The average molecular weight is 433 g/mol. The zero-order valence-electron chi connectivity index (χ0n) is 14.9. The fourth-order valence-electron chi connectivity index (χ4n) is 2.14. The lowest BCUT2D eigenvalue weighted by atomic mass is 10.2. The van der Waals surface area contributed by atoms with Crippen LogP contribution in [0.15, 0.2) is 45.5 Å². The number of pyridine rings is 1.